The molecule has 0 radical (unpaired) electrons. The molecule has 0 aliphatic carbocycles. The minimum Gasteiger partial charge on any atom is -0.420 e. The van der Waals surface area contributed by atoms with Crippen LogP contribution in [0, 0.1) is 0 Å². The summed E-state index contributed by atoms with van der Waals surface area (Å²) in [6.07, 6.45) is 0. The maximum Gasteiger partial charge on any atom is 0.229 e. The summed E-state index contributed by atoms with van der Waals surface area (Å²) in [4.78, 5) is 4.78. The Balaban J connectivity index is 1.59. The monoisotopic (exact) mass is 362 g/mol. The Bertz CT molecular complexity index is 1230. The van der Waals surface area contributed by atoms with Crippen molar-refractivity contribution in [3.8, 4) is 22.7 Å². The molecule has 3 nitrogen and oxygen atoms in total. The van der Waals surface area contributed by atoms with Gasteiger partial charge < -0.3 is 9.73 Å². The van der Waals surface area contributed by atoms with Crippen molar-refractivity contribution < 1.29 is 4.42 Å². The van der Waals surface area contributed by atoms with Gasteiger partial charge in [0.2, 0.25) is 11.8 Å². The van der Waals surface area contributed by atoms with Crippen LogP contribution in [-0.4, -0.2) is 4.98 Å². The zero-order chi connectivity index (χ0) is 18.8. The zero-order valence-electron chi connectivity index (χ0n) is 15.2. The first-order chi connectivity index (χ1) is 13.9. The minimum absolute atomic E-state index is 0.600. The Labute approximate surface area is 163 Å². The van der Waals surface area contributed by atoms with Gasteiger partial charge in [0, 0.05) is 16.8 Å². The second-order valence-electron chi connectivity index (χ2n) is 6.62. The number of benzene rings is 4. The first-order valence-corrected chi connectivity index (χ1v) is 9.24. The van der Waals surface area contributed by atoms with Crippen molar-refractivity contribution in [3.05, 3.63) is 103 Å². The van der Waals surface area contributed by atoms with Crippen LogP contribution in [0.2, 0.25) is 0 Å². The molecule has 1 aromatic heterocycles. The van der Waals surface area contributed by atoms with E-state index in [1.165, 1.54) is 10.8 Å². The lowest BCUT2D eigenvalue weighted by Gasteiger charge is -2.07. The third-order valence-corrected chi connectivity index (χ3v) is 4.70. The van der Waals surface area contributed by atoms with E-state index in [0.29, 0.717) is 11.8 Å². The van der Waals surface area contributed by atoms with Crippen molar-refractivity contribution in [2.45, 2.75) is 0 Å². The van der Waals surface area contributed by atoms with Gasteiger partial charge in [0.25, 0.3) is 0 Å². The van der Waals surface area contributed by atoms with Crippen LogP contribution >= 0.6 is 0 Å². The fourth-order valence-electron chi connectivity index (χ4n) is 3.30. The molecule has 0 atom stereocenters. The molecule has 5 aromatic rings. The van der Waals surface area contributed by atoms with E-state index in [9.17, 15) is 0 Å². The van der Waals surface area contributed by atoms with Crippen molar-refractivity contribution in [2.24, 2.45) is 0 Å². The molecule has 0 fully saturated rings. The van der Waals surface area contributed by atoms with E-state index in [4.69, 9.17) is 9.40 Å². The van der Waals surface area contributed by atoms with Gasteiger partial charge in [0.05, 0.1) is 0 Å². The fraction of sp³-hybridized carbons (Fsp3) is 0. The van der Waals surface area contributed by atoms with Crippen molar-refractivity contribution in [3.63, 3.8) is 0 Å². The van der Waals surface area contributed by atoms with Crippen molar-refractivity contribution >= 4 is 22.3 Å². The van der Waals surface area contributed by atoms with Crippen LogP contribution in [0.5, 0.6) is 0 Å². The summed E-state index contributed by atoms with van der Waals surface area (Å²) in [6, 6.07) is 34.6. The second-order valence-corrected chi connectivity index (χ2v) is 6.62. The standard InChI is InChI=1S/C25H18N2O/c1-3-10-19(11-4-1)23-25(28-24(27-23)20-12-5-2-6-13-20)26-22-16-15-18-9-7-8-14-21(18)17-22/h1-17,26H. The fourth-order valence-corrected chi connectivity index (χ4v) is 3.30. The molecule has 0 spiro atoms. The van der Waals surface area contributed by atoms with Gasteiger partial charge in [-0.15, -0.1) is 0 Å². The average molecular weight is 362 g/mol. The lowest BCUT2D eigenvalue weighted by atomic mass is 10.1. The Morgan fingerprint density at radius 3 is 2.00 bits per heavy atom. The number of aromatic nitrogens is 1. The molecule has 0 unspecified atom stereocenters. The molecule has 0 amide bonds. The summed E-state index contributed by atoms with van der Waals surface area (Å²) in [5.74, 6) is 1.24. The van der Waals surface area contributed by atoms with E-state index < -0.39 is 0 Å². The van der Waals surface area contributed by atoms with Crippen molar-refractivity contribution in [1.82, 2.24) is 4.98 Å². The molecule has 1 N–H and O–H groups in total. The zero-order valence-corrected chi connectivity index (χ0v) is 15.2. The predicted molar refractivity (Wildman–Crippen MR) is 115 cm³/mol. The Kier molecular flexibility index (Phi) is 4.11. The Morgan fingerprint density at radius 1 is 0.607 bits per heavy atom. The van der Waals surface area contributed by atoms with Crippen LogP contribution in [0.15, 0.2) is 108 Å². The van der Waals surface area contributed by atoms with E-state index >= 15 is 0 Å². The number of fused-ring (bicyclic) bond motifs is 1. The number of hydrogen-bond acceptors (Lipinski definition) is 3. The summed E-state index contributed by atoms with van der Waals surface area (Å²) in [7, 11) is 0. The van der Waals surface area contributed by atoms with Crippen molar-refractivity contribution in [2.75, 3.05) is 5.32 Å². The SMILES string of the molecule is c1ccc(-c2nc(-c3ccccc3)c(Nc3ccc4ccccc4c3)o2)cc1. The molecule has 4 aromatic carbocycles. The van der Waals surface area contributed by atoms with E-state index in [1.807, 2.05) is 72.8 Å². The van der Waals surface area contributed by atoms with Crippen LogP contribution in [0.25, 0.3) is 33.5 Å². The van der Waals surface area contributed by atoms with Gasteiger partial charge in [-0.25, -0.2) is 4.98 Å². The lowest BCUT2D eigenvalue weighted by molar-refractivity contribution is 0.592. The van der Waals surface area contributed by atoms with E-state index in [2.05, 4.69) is 35.6 Å². The second kappa shape index (κ2) is 7.05. The highest BCUT2D eigenvalue weighted by Crippen LogP contribution is 2.35. The van der Waals surface area contributed by atoms with Gasteiger partial charge in [-0.1, -0.05) is 78.9 Å². The van der Waals surface area contributed by atoms with Crippen LogP contribution in [-0.2, 0) is 0 Å². The predicted octanol–water partition coefficient (Wildman–Crippen LogP) is 6.91. The number of hydrogen-bond donors (Lipinski definition) is 1. The van der Waals surface area contributed by atoms with Gasteiger partial charge >= 0.3 is 0 Å². The van der Waals surface area contributed by atoms with Crippen LogP contribution in [0.4, 0.5) is 11.6 Å². The number of nitrogens with one attached hydrogen (secondary N) is 1. The van der Waals surface area contributed by atoms with Crippen molar-refractivity contribution in [1.29, 1.82) is 0 Å². The maximum absolute atomic E-state index is 6.15. The first kappa shape index (κ1) is 16.3. The molecule has 0 saturated carbocycles. The number of rotatable bonds is 4. The summed E-state index contributed by atoms with van der Waals surface area (Å²) in [6.45, 7) is 0. The molecule has 5 rings (SSSR count). The molecule has 0 aliphatic rings. The molecule has 28 heavy (non-hydrogen) atoms. The largest absolute Gasteiger partial charge is 0.420 e. The number of nitrogens with zero attached hydrogens (tertiary/aromatic N) is 1. The van der Waals surface area contributed by atoms with Gasteiger partial charge in [-0.05, 0) is 35.0 Å². The van der Waals surface area contributed by atoms with Gasteiger partial charge in [0.15, 0.2) is 0 Å². The highest BCUT2D eigenvalue weighted by molar-refractivity contribution is 5.87. The lowest BCUT2D eigenvalue weighted by Crippen LogP contribution is -1.91. The summed E-state index contributed by atoms with van der Waals surface area (Å²) < 4.78 is 6.15. The van der Waals surface area contributed by atoms with E-state index in [1.54, 1.807) is 0 Å². The number of anilines is 2. The van der Waals surface area contributed by atoms with E-state index in [-0.39, 0.29) is 0 Å². The molecule has 3 heteroatoms. The number of oxazole rings is 1. The third kappa shape index (κ3) is 3.14. The Morgan fingerprint density at radius 2 is 1.25 bits per heavy atom. The van der Waals surface area contributed by atoms with Crippen LogP contribution in [0.3, 0.4) is 0 Å². The van der Waals surface area contributed by atoms with Gasteiger partial charge in [-0.2, -0.15) is 0 Å². The minimum atomic E-state index is 0.600. The highest BCUT2D eigenvalue weighted by Gasteiger charge is 2.16. The molecular formula is C25H18N2O. The highest BCUT2D eigenvalue weighted by atomic mass is 16.4. The third-order valence-electron chi connectivity index (χ3n) is 4.70. The molecular weight excluding hydrogens is 344 g/mol. The van der Waals surface area contributed by atoms with Crippen LogP contribution < -0.4 is 5.32 Å². The summed E-state index contributed by atoms with van der Waals surface area (Å²) >= 11 is 0. The quantitative estimate of drug-likeness (QED) is 0.378. The summed E-state index contributed by atoms with van der Waals surface area (Å²) in [5.41, 5.74) is 3.72. The topological polar surface area (TPSA) is 38.1 Å². The molecule has 134 valence electrons. The van der Waals surface area contributed by atoms with Gasteiger partial charge in [-0.3, -0.25) is 0 Å². The molecule has 0 saturated heterocycles. The molecule has 0 bridgehead atoms. The summed E-state index contributed by atoms with van der Waals surface area (Å²) in [5, 5.41) is 5.81. The normalized spacial score (nSPS) is 10.9. The average Bonchev–Trinajstić information content (AvgIpc) is 3.19. The van der Waals surface area contributed by atoms with E-state index in [0.717, 1.165) is 22.5 Å². The van der Waals surface area contributed by atoms with Crippen LogP contribution in [0.1, 0.15) is 0 Å². The van der Waals surface area contributed by atoms with Gasteiger partial charge in [0.1, 0.15) is 5.69 Å². The smallest absolute Gasteiger partial charge is 0.229 e. The maximum atomic E-state index is 6.15. The molecule has 1 heterocycles. The molecule has 0 aliphatic heterocycles. The Hall–Kier alpha value is -3.85. The first-order valence-electron chi connectivity index (χ1n) is 9.24.